The predicted molar refractivity (Wildman–Crippen MR) is 87.5 cm³/mol. The normalized spacial score (nSPS) is 24.3. The van der Waals surface area contributed by atoms with Gasteiger partial charge in [-0.1, -0.05) is 18.2 Å². The van der Waals surface area contributed by atoms with Gasteiger partial charge >= 0.3 is 0 Å². The molecule has 4 rings (SSSR count). The minimum absolute atomic E-state index is 0.0543. The maximum absolute atomic E-state index is 13.1. The van der Waals surface area contributed by atoms with Crippen LogP contribution in [0.5, 0.6) is 0 Å². The summed E-state index contributed by atoms with van der Waals surface area (Å²) in [5.41, 5.74) is 1.37. The van der Waals surface area contributed by atoms with Gasteiger partial charge in [0.05, 0.1) is 30.7 Å². The largest absolute Gasteiger partial charge is 0.378 e. The van der Waals surface area contributed by atoms with Crippen molar-refractivity contribution in [3.05, 3.63) is 30.0 Å². The second-order valence-corrected chi connectivity index (χ2v) is 6.54. The summed E-state index contributed by atoms with van der Waals surface area (Å²) >= 11 is 0. The van der Waals surface area contributed by atoms with E-state index in [-0.39, 0.29) is 23.8 Å². The number of aryl methyl sites for hydroxylation is 1. The molecule has 7 heteroatoms. The summed E-state index contributed by atoms with van der Waals surface area (Å²) in [5.74, 6) is -0.369. The van der Waals surface area contributed by atoms with Crippen molar-refractivity contribution in [2.45, 2.75) is 6.04 Å². The van der Waals surface area contributed by atoms with Crippen LogP contribution in [0.3, 0.4) is 0 Å². The molecular formula is C17H20N4O3. The molecule has 24 heavy (non-hydrogen) atoms. The second kappa shape index (κ2) is 5.59. The molecule has 2 aliphatic heterocycles. The Hall–Kier alpha value is -2.41. The highest BCUT2D eigenvalue weighted by atomic mass is 16.5. The third-order valence-corrected chi connectivity index (χ3v) is 4.99. The molecule has 2 aromatic rings. The number of aromatic nitrogens is 2. The number of fused-ring (bicyclic) bond motifs is 4. The van der Waals surface area contributed by atoms with Gasteiger partial charge in [-0.2, -0.15) is 5.10 Å². The van der Waals surface area contributed by atoms with Crippen LogP contribution >= 0.6 is 0 Å². The molecule has 0 saturated carbocycles. The molecular weight excluding hydrogens is 308 g/mol. The molecule has 0 unspecified atom stereocenters. The topological polar surface area (TPSA) is 67.7 Å². The van der Waals surface area contributed by atoms with Crippen LogP contribution in [0.2, 0.25) is 0 Å². The first kappa shape index (κ1) is 15.1. The minimum atomic E-state index is -0.304. The molecule has 2 amide bonds. The molecule has 0 spiro atoms. The smallest absolute Gasteiger partial charge is 0.275 e. The number of para-hydroxylation sites is 1. The van der Waals surface area contributed by atoms with Gasteiger partial charge in [0.15, 0.2) is 5.69 Å². The number of benzene rings is 1. The number of ether oxygens (including phenoxy) is 1. The highest BCUT2D eigenvalue weighted by Gasteiger charge is 2.39. The van der Waals surface area contributed by atoms with E-state index in [2.05, 4.69) is 5.10 Å². The molecule has 3 heterocycles. The monoisotopic (exact) mass is 328 g/mol. The Morgan fingerprint density at radius 2 is 2.00 bits per heavy atom. The Bertz CT molecular complexity index is 815. The van der Waals surface area contributed by atoms with E-state index in [0.29, 0.717) is 32.0 Å². The SMILES string of the molecule is CN1C(=O)[C@H]2COC[C@@H]1CN(C(=O)c1nn(C)c3ccccc13)C2. The van der Waals surface area contributed by atoms with Crippen LogP contribution in [0, 0.1) is 5.92 Å². The summed E-state index contributed by atoms with van der Waals surface area (Å²) in [4.78, 5) is 29.0. The van der Waals surface area contributed by atoms with Gasteiger partial charge in [0.1, 0.15) is 0 Å². The summed E-state index contributed by atoms with van der Waals surface area (Å²) in [6.45, 7) is 1.68. The zero-order valence-corrected chi connectivity index (χ0v) is 13.8. The fourth-order valence-corrected chi connectivity index (χ4v) is 3.59. The van der Waals surface area contributed by atoms with Gasteiger partial charge < -0.3 is 14.5 Å². The molecule has 2 fully saturated rings. The van der Waals surface area contributed by atoms with Gasteiger partial charge in [0.25, 0.3) is 5.91 Å². The standard InChI is InChI=1S/C17H20N4O3/c1-19-12-8-21(7-11(16(19)22)9-24-10-12)17(23)15-13-5-3-4-6-14(13)20(2)18-15/h3-6,11-12H,7-10H2,1-2H3/t11-,12+/m1/s1. The van der Waals surface area contributed by atoms with Gasteiger partial charge in [-0.15, -0.1) is 0 Å². The number of hydrogen-bond donors (Lipinski definition) is 0. The van der Waals surface area contributed by atoms with Crippen molar-refractivity contribution in [1.29, 1.82) is 0 Å². The Kier molecular flexibility index (Phi) is 3.53. The average Bonchev–Trinajstić information content (AvgIpc) is 2.78. The molecule has 1 aromatic heterocycles. The lowest BCUT2D eigenvalue weighted by atomic mass is 10.1. The number of likely N-dealkylation sites (N-methyl/N-ethyl adjacent to an activating group) is 1. The van der Waals surface area contributed by atoms with Crippen LogP contribution in [0.4, 0.5) is 0 Å². The third-order valence-electron chi connectivity index (χ3n) is 4.99. The van der Waals surface area contributed by atoms with E-state index in [1.54, 1.807) is 21.5 Å². The fraction of sp³-hybridized carbons (Fsp3) is 0.471. The van der Waals surface area contributed by atoms with Crippen LogP contribution < -0.4 is 0 Å². The molecule has 2 aliphatic rings. The molecule has 7 nitrogen and oxygen atoms in total. The van der Waals surface area contributed by atoms with Crippen LogP contribution in [0.1, 0.15) is 10.5 Å². The Labute approximate surface area is 139 Å². The van der Waals surface area contributed by atoms with Crippen molar-refractivity contribution in [1.82, 2.24) is 19.6 Å². The van der Waals surface area contributed by atoms with Crippen molar-refractivity contribution in [3.63, 3.8) is 0 Å². The van der Waals surface area contributed by atoms with Crippen molar-refractivity contribution < 1.29 is 14.3 Å². The van der Waals surface area contributed by atoms with Crippen LogP contribution in [0.15, 0.2) is 24.3 Å². The van der Waals surface area contributed by atoms with Crippen LogP contribution in [-0.2, 0) is 16.6 Å². The lowest BCUT2D eigenvalue weighted by molar-refractivity contribution is -0.133. The first-order valence-electron chi connectivity index (χ1n) is 8.11. The number of nitrogens with zero attached hydrogens (tertiary/aromatic N) is 4. The van der Waals surface area contributed by atoms with E-state index in [1.165, 1.54) is 0 Å². The Morgan fingerprint density at radius 3 is 2.83 bits per heavy atom. The maximum Gasteiger partial charge on any atom is 0.275 e. The summed E-state index contributed by atoms with van der Waals surface area (Å²) in [6, 6.07) is 7.59. The summed E-state index contributed by atoms with van der Waals surface area (Å²) < 4.78 is 7.31. The highest BCUT2D eigenvalue weighted by molar-refractivity contribution is 6.05. The number of rotatable bonds is 1. The van der Waals surface area contributed by atoms with E-state index in [0.717, 1.165) is 10.9 Å². The number of carbonyl (C=O) groups is 2. The first-order valence-corrected chi connectivity index (χ1v) is 8.11. The molecule has 1 aromatic carbocycles. The predicted octanol–water partition coefficient (Wildman–Crippen LogP) is 0.503. The van der Waals surface area contributed by atoms with E-state index in [4.69, 9.17) is 4.74 Å². The van der Waals surface area contributed by atoms with E-state index in [1.807, 2.05) is 31.3 Å². The van der Waals surface area contributed by atoms with Crippen molar-refractivity contribution in [3.8, 4) is 0 Å². The molecule has 2 atom stereocenters. The number of hydrogen-bond acceptors (Lipinski definition) is 4. The molecule has 0 N–H and O–H groups in total. The van der Waals surface area contributed by atoms with E-state index >= 15 is 0 Å². The van der Waals surface area contributed by atoms with Crippen molar-refractivity contribution in [2.75, 3.05) is 33.4 Å². The van der Waals surface area contributed by atoms with Gasteiger partial charge in [-0.05, 0) is 6.07 Å². The van der Waals surface area contributed by atoms with E-state index < -0.39 is 0 Å². The zero-order chi connectivity index (χ0) is 16.8. The van der Waals surface area contributed by atoms with Gasteiger partial charge in [-0.3, -0.25) is 14.3 Å². The lowest BCUT2D eigenvalue weighted by Gasteiger charge is -2.29. The van der Waals surface area contributed by atoms with Gasteiger partial charge in [-0.25, -0.2) is 0 Å². The molecule has 2 bridgehead atoms. The third kappa shape index (κ3) is 2.27. The molecule has 0 aliphatic carbocycles. The fourth-order valence-electron chi connectivity index (χ4n) is 3.59. The lowest BCUT2D eigenvalue weighted by Crippen LogP contribution is -2.45. The quantitative estimate of drug-likeness (QED) is 0.765. The highest BCUT2D eigenvalue weighted by Crippen LogP contribution is 2.24. The summed E-state index contributed by atoms with van der Waals surface area (Å²) in [7, 11) is 3.63. The molecule has 126 valence electrons. The molecule has 2 saturated heterocycles. The summed E-state index contributed by atoms with van der Waals surface area (Å²) in [6.07, 6.45) is 0. The maximum atomic E-state index is 13.1. The Morgan fingerprint density at radius 1 is 1.21 bits per heavy atom. The van der Waals surface area contributed by atoms with E-state index in [9.17, 15) is 9.59 Å². The van der Waals surface area contributed by atoms with Crippen molar-refractivity contribution >= 4 is 22.7 Å². The number of amides is 2. The molecule has 0 radical (unpaired) electrons. The van der Waals surface area contributed by atoms with Gasteiger partial charge in [0, 0.05) is 32.6 Å². The second-order valence-electron chi connectivity index (χ2n) is 6.54. The number of carbonyl (C=O) groups excluding carboxylic acids is 2. The zero-order valence-electron chi connectivity index (χ0n) is 13.8. The summed E-state index contributed by atoms with van der Waals surface area (Å²) in [5, 5.41) is 5.27. The first-order chi connectivity index (χ1) is 11.6. The van der Waals surface area contributed by atoms with Crippen molar-refractivity contribution in [2.24, 2.45) is 13.0 Å². The van der Waals surface area contributed by atoms with Gasteiger partial charge in [0.2, 0.25) is 5.91 Å². The van der Waals surface area contributed by atoms with Crippen LogP contribution in [0.25, 0.3) is 10.9 Å². The average molecular weight is 328 g/mol. The minimum Gasteiger partial charge on any atom is -0.378 e. The van der Waals surface area contributed by atoms with Crippen LogP contribution in [-0.4, -0.2) is 70.8 Å². The Balaban J connectivity index is 1.70.